The van der Waals surface area contributed by atoms with Crippen molar-refractivity contribution in [2.24, 2.45) is 5.92 Å². The molecule has 1 saturated heterocycles. The van der Waals surface area contributed by atoms with Crippen LogP contribution in [0, 0.1) is 10.8 Å². The number of ketones is 1. The van der Waals surface area contributed by atoms with E-state index in [4.69, 9.17) is 4.74 Å². The number of hydrogen-bond donors (Lipinski definition) is 2. The average Bonchev–Trinajstić information content (AvgIpc) is 2.87. The van der Waals surface area contributed by atoms with Crippen molar-refractivity contribution in [2.45, 2.75) is 49.1 Å². The quantitative estimate of drug-likeness (QED) is 0.622. The molecule has 0 aromatic carbocycles. The van der Waals surface area contributed by atoms with Crippen LogP contribution in [-0.4, -0.2) is 64.0 Å². The molecule has 2 N–H and O–H groups in total. The molecule has 1 fully saturated rings. The largest absolute Gasteiger partial charge is 0.490 e. The third-order valence-electron chi connectivity index (χ3n) is 7.48. The maximum absolute atomic E-state index is 12.8. The Morgan fingerprint density at radius 1 is 1.26 bits per heavy atom. The molecule has 4 heterocycles. The zero-order chi connectivity index (χ0) is 23.1. The zero-order valence-corrected chi connectivity index (χ0v) is 19.9. The second-order valence-corrected chi connectivity index (χ2v) is 10.7. The third-order valence-corrected chi connectivity index (χ3v) is 8.48. The number of aromatic nitrogens is 4. The first-order valence-corrected chi connectivity index (χ1v) is 13.1. The first kappa shape index (κ1) is 21.9. The molecule has 6 rings (SSSR count). The SMILES string of the molecule is O=C1C=Cc2n[nH][n+](=O)c3c2C1[C@H](CN1CCC(NCc2cc4c(cn2)OCCS4)CC1)CC3. The Kier molecular flexibility index (Phi) is 5.96. The summed E-state index contributed by atoms with van der Waals surface area (Å²) in [6.45, 7) is 4.42. The lowest BCUT2D eigenvalue weighted by molar-refractivity contribution is -0.581. The van der Waals surface area contributed by atoms with E-state index in [9.17, 15) is 9.70 Å². The summed E-state index contributed by atoms with van der Waals surface area (Å²) in [5.41, 5.74) is 3.31. The van der Waals surface area contributed by atoms with Gasteiger partial charge in [-0.2, -0.15) is 0 Å². The molecule has 9 nitrogen and oxygen atoms in total. The first-order valence-electron chi connectivity index (χ1n) is 12.1. The molecule has 0 radical (unpaired) electrons. The number of allylic oxidation sites excluding steroid dienone is 1. The van der Waals surface area contributed by atoms with Crippen LogP contribution in [0.5, 0.6) is 5.75 Å². The minimum absolute atomic E-state index is 0.101. The molecule has 10 heteroatoms. The summed E-state index contributed by atoms with van der Waals surface area (Å²) in [6.07, 6.45) is 8.89. The van der Waals surface area contributed by atoms with Gasteiger partial charge in [-0.05, 0) is 66.6 Å². The van der Waals surface area contributed by atoms with Crippen LogP contribution in [0.15, 0.2) is 23.2 Å². The minimum Gasteiger partial charge on any atom is -0.490 e. The summed E-state index contributed by atoms with van der Waals surface area (Å²) in [5.74, 6) is 1.96. The number of fused-ring (bicyclic) bond motifs is 1. The fourth-order valence-electron chi connectivity index (χ4n) is 5.73. The fraction of sp³-hybridized carbons (Fsp3) is 0.542. The van der Waals surface area contributed by atoms with Gasteiger partial charge in [0.1, 0.15) is 0 Å². The van der Waals surface area contributed by atoms with Gasteiger partial charge in [-0.25, -0.2) is 0 Å². The summed E-state index contributed by atoms with van der Waals surface area (Å²) in [7, 11) is 0. The maximum Gasteiger partial charge on any atom is 0.208 e. The maximum atomic E-state index is 12.8. The molecule has 0 amide bonds. The van der Waals surface area contributed by atoms with Gasteiger partial charge < -0.3 is 15.0 Å². The molecule has 2 aromatic heterocycles. The van der Waals surface area contributed by atoms with E-state index in [1.165, 1.54) is 4.90 Å². The zero-order valence-electron chi connectivity index (χ0n) is 19.0. The van der Waals surface area contributed by atoms with Crippen LogP contribution in [0.25, 0.3) is 6.08 Å². The normalized spacial score (nSPS) is 24.4. The smallest absolute Gasteiger partial charge is 0.208 e. The molecular weight excluding hydrogens is 452 g/mol. The Bertz CT molecular complexity index is 1190. The molecule has 1 unspecified atom stereocenters. The molecule has 2 aliphatic heterocycles. The van der Waals surface area contributed by atoms with Gasteiger partial charge in [-0.15, -0.1) is 11.8 Å². The van der Waals surface area contributed by atoms with Crippen LogP contribution in [0.4, 0.5) is 0 Å². The number of H-pyrrole nitrogens is 1. The lowest BCUT2D eigenvalue weighted by atomic mass is 9.72. The molecular formula is C24H29N6O3S+. The Labute approximate surface area is 201 Å². The van der Waals surface area contributed by atoms with Crippen LogP contribution in [0.2, 0.25) is 0 Å². The summed E-state index contributed by atoms with van der Waals surface area (Å²) >= 11 is 1.83. The molecule has 2 aromatic rings. The summed E-state index contributed by atoms with van der Waals surface area (Å²) < 4.78 is 6.38. The van der Waals surface area contributed by atoms with E-state index >= 15 is 0 Å². The molecule has 0 spiro atoms. The second-order valence-electron chi connectivity index (χ2n) is 9.54. The Morgan fingerprint density at radius 2 is 2.15 bits per heavy atom. The number of nitrogens with zero attached hydrogens (tertiary/aromatic N) is 4. The number of rotatable bonds is 5. The van der Waals surface area contributed by atoms with Crippen molar-refractivity contribution in [3.63, 3.8) is 0 Å². The lowest BCUT2D eigenvalue weighted by Crippen LogP contribution is -2.46. The van der Waals surface area contributed by atoms with E-state index in [1.54, 1.807) is 12.2 Å². The van der Waals surface area contributed by atoms with Crippen LogP contribution >= 0.6 is 11.8 Å². The highest BCUT2D eigenvalue weighted by molar-refractivity contribution is 7.99. The van der Waals surface area contributed by atoms with Gasteiger partial charge in [0.2, 0.25) is 5.69 Å². The Hall–Kier alpha value is -2.56. The van der Waals surface area contributed by atoms with Gasteiger partial charge in [0, 0.05) is 36.4 Å². The van der Waals surface area contributed by atoms with Crippen molar-refractivity contribution in [3.8, 4) is 5.75 Å². The lowest BCUT2D eigenvalue weighted by Gasteiger charge is -2.38. The van der Waals surface area contributed by atoms with Gasteiger partial charge in [0.05, 0.1) is 39.4 Å². The average molecular weight is 482 g/mol. The van der Waals surface area contributed by atoms with E-state index in [0.29, 0.717) is 18.2 Å². The van der Waals surface area contributed by atoms with Crippen molar-refractivity contribution >= 4 is 23.6 Å². The number of aromatic amines is 1. The molecule has 2 atom stereocenters. The van der Waals surface area contributed by atoms with Crippen molar-refractivity contribution in [3.05, 3.63) is 45.9 Å². The highest BCUT2D eigenvalue weighted by Crippen LogP contribution is 2.40. The van der Waals surface area contributed by atoms with E-state index in [-0.39, 0.29) is 17.6 Å². The fourth-order valence-corrected chi connectivity index (χ4v) is 6.59. The number of piperidine rings is 1. The van der Waals surface area contributed by atoms with E-state index in [2.05, 4.69) is 31.6 Å². The number of pyridine rings is 1. The number of hydrogen-bond acceptors (Lipinski definition) is 8. The molecule has 0 bridgehead atoms. The summed E-state index contributed by atoms with van der Waals surface area (Å²) in [4.78, 5) is 33.3. The van der Waals surface area contributed by atoms with Crippen molar-refractivity contribution in [2.75, 3.05) is 32.0 Å². The number of ether oxygens (including phenoxy) is 1. The number of nitrogens with one attached hydrogen (secondary N) is 2. The van der Waals surface area contributed by atoms with Gasteiger partial charge in [0.15, 0.2) is 17.2 Å². The summed E-state index contributed by atoms with van der Waals surface area (Å²) in [5, 5.41) is 10.3. The number of carbonyl (C=O) groups is 1. The standard InChI is InChI=1S/C24H28N6O3S/c31-20-4-2-18-24-19(30(32)28-27-18)3-1-15(23(20)24)14-29-7-5-16(6-8-29)25-12-17-11-22-21(13-26-17)33-9-10-34-22/h2,4,11,13,15-16,23,25H,1,3,5-10,12,14H2/p+1/t15-,23?/m0/s1. The van der Waals surface area contributed by atoms with Crippen LogP contribution in [0.3, 0.4) is 0 Å². The molecule has 34 heavy (non-hydrogen) atoms. The topological polar surface area (TPSA) is 106 Å². The number of carbonyl (C=O) groups excluding carboxylic acids is 1. The van der Waals surface area contributed by atoms with Crippen molar-refractivity contribution in [1.29, 1.82) is 0 Å². The molecule has 178 valence electrons. The van der Waals surface area contributed by atoms with E-state index in [0.717, 1.165) is 85.0 Å². The highest BCUT2D eigenvalue weighted by Gasteiger charge is 2.43. The summed E-state index contributed by atoms with van der Waals surface area (Å²) in [6, 6.07) is 2.61. The van der Waals surface area contributed by atoms with E-state index < -0.39 is 0 Å². The molecule has 2 aliphatic carbocycles. The predicted molar refractivity (Wildman–Crippen MR) is 127 cm³/mol. The third kappa shape index (κ3) is 4.18. The second kappa shape index (κ2) is 9.24. The Morgan fingerprint density at radius 3 is 3.03 bits per heavy atom. The van der Waals surface area contributed by atoms with E-state index in [1.807, 2.05) is 18.0 Å². The number of likely N-dealkylation sites (tertiary alicyclic amines) is 1. The van der Waals surface area contributed by atoms with Gasteiger partial charge in [-0.1, -0.05) is 0 Å². The first-order chi connectivity index (χ1) is 16.7. The highest BCUT2D eigenvalue weighted by atomic mass is 32.2. The Balaban J connectivity index is 1.05. The van der Waals surface area contributed by atoms with Crippen LogP contribution < -0.4 is 14.6 Å². The van der Waals surface area contributed by atoms with Crippen molar-refractivity contribution < 1.29 is 14.1 Å². The van der Waals surface area contributed by atoms with Gasteiger partial charge >= 0.3 is 0 Å². The number of thioether (sulfide) groups is 1. The predicted octanol–water partition coefficient (Wildman–Crippen LogP) is 1.70. The van der Waals surface area contributed by atoms with Crippen LogP contribution in [-0.2, 0) is 17.8 Å². The molecule has 4 aliphatic rings. The van der Waals surface area contributed by atoms with Gasteiger partial charge in [-0.3, -0.25) is 9.78 Å². The van der Waals surface area contributed by atoms with Crippen LogP contribution in [0.1, 0.15) is 47.8 Å². The monoisotopic (exact) mass is 481 g/mol. The van der Waals surface area contributed by atoms with Gasteiger partial charge in [0.25, 0.3) is 0 Å². The molecule has 0 saturated carbocycles. The van der Waals surface area contributed by atoms with Crippen molar-refractivity contribution in [1.82, 2.24) is 25.5 Å². The minimum atomic E-state index is -0.251.